The number of nitrogens with two attached hydrogens (primary N) is 1. The van der Waals surface area contributed by atoms with Crippen LogP contribution in [0.5, 0.6) is 0 Å². The van der Waals surface area contributed by atoms with Crippen LogP contribution in [0.3, 0.4) is 0 Å². The third-order valence-electron chi connectivity index (χ3n) is 5.59. The Kier molecular flexibility index (Phi) is 6.26. The highest BCUT2D eigenvalue weighted by Gasteiger charge is 2.24. The Bertz CT molecular complexity index is 1130. The number of aromatic nitrogens is 3. The molecule has 8 nitrogen and oxygen atoms in total. The van der Waals surface area contributed by atoms with E-state index in [9.17, 15) is 4.55 Å². The van der Waals surface area contributed by atoms with Gasteiger partial charge in [0.2, 0.25) is 0 Å². The van der Waals surface area contributed by atoms with Crippen LogP contribution in [0.15, 0.2) is 41.7 Å². The Morgan fingerprint density at radius 3 is 2.71 bits per heavy atom. The summed E-state index contributed by atoms with van der Waals surface area (Å²) < 4.78 is 13.7. The molecule has 162 valence electrons. The molecule has 9 heteroatoms. The summed E-state index contributed by atoms with van der Waals surface area (Å²) in [5.74, 6) is 0.912. The molecule has 31 heavy (non-hydrogen) atoms. The van der Waals surface area contributed by atoms with Crippen molar-refractivity contribution >= 4 is 39.9 Å². The van der Waals surface area contributed by atoms with Crippen LogP contribution in [-0.4, -0.2) is 69.7 Å². The van der Waals surface area contributed by atoms with Crippen molar-refractivity contribution in [3.8, 4) is 11.3 Å². The van der Waals surface area contributed by atoms with Crippen LogP contribution in [0.1, 0.15) is 11.1 Å². The molecule has 1 saturated heterocycles. The highest BCUT2D eigenvalue weighted by Crippen LogP contribution is 2.32. The molecule has 0 aliphatic carbocycles. The Morgan fingerprint density at radius 2 is 2.03 bits per heavy atom. The van der Waals surface area contributed by atoms with Crippen molar-refractivity contribution in [3.05, 3.63) is 47.8 Å². The molecule has 1 unspecified atom stereocenters. The van der Waals surface area contributed by atoms with E-state index in [0.717, 1.165) is 70.9 Å². The Balaban J connectivity index is 1.69. The zero-order valence-electron chi connectivity index (χ0n) is 18.0. The van der Waals surface area contributed by atoms with Crippen LogP contribution in [0, 0.1) is 6.92 Å². The predicted octanol–water partition coefficient (Wildman–Crippen LogP) is 2.35. The third kappa shape index (κ3) is 4.30. The molecule has 1 atom stereocenters. The number of aliphatic imine (C=N–C) groups is 1. The van der Waals surface area contributed by atoms with Crippen LogP contribution in [-0.2, 0) is 11.4 Å². The zero-order valence-corrected chi connectivity index (χ0v) is 18.8. The van der Waals surface area contributed by atoms with Crippen molar-refractivity contribution in [1.29, 1.82) is 0 Å². The predicted molar refractivity (Wildman–Crippen MR) is 128 cm³/mol. The number of fused-ring (bicyclic) bond motifs is 1. The van der Waals surface area contributed by atoms with Gasteiger partial charge in [-0.3, -0.25) is 10.1 Å². The maximum Gasteiger partial charge on any atom is 0.129 e. The molecule has 0 amide bonds. The van der Waals surface area contributed by atoms with Gasteiger partial charge in [0, 0.05) is 66.6 Å². The number of nitrogens with zero attached hydrogens (tertiary/aromatic N) is 5. The molecule has 0 radical (unpaired) electrons. The molecule has 3 N–H and O–H groups in total. The molecule has 1 aliphatic rings. The maximum absolute atomic E-state index is 11.7. The largest absolute Gasteiger partial charge is 0.598 e. The van der Waals surface area contributed by atoms with Crippen LogP contribution in [0.2, 0.25) is 0 Å². The first kappa shape index (κ1) is 21.4. The molecule has 2 aromatic heterocycles. The van der Waals surface area contributed by atoms with E-state index < -0.39 is 11.4 Å². The van der Waals surface area contributed by atoms with Gasteiger partial charge >= 0.3 is 0 Å². The van der Waals surface area contributed by atoms with Crippen molar-refractivity contribution < 1.29 is 4.55 Å². The number of hydrogen-bond acceptors (Lipinski definition) is 7. The molecule has 3 heterocycles. The Labute approximate surface area is 185 Å². The van der Waals surface area contributed by atoms with Crippen molar-refractivity contribution in [3.63, 3.8) is 0 Å². The average molecular weight is 438 g/mol. The molecule has 1 fully saturated rings. The fourth-order valence-electron chi connectivity index (χ4n) is 3.95. The number of rotatable bonds is 5. The lowest BCUT2D eigenvalue weighted by Crippen LogP contribution is -2.48. The van der Waals surface area contributed by atoms with Gasteiger partial charge in [0.05, 0.1) is 24.3 Å². The van der Waals surface area contributed by atoms with E-state index in [1.54, 1.807) is 25.7 Å². The van der Waals surface area contributed by atoms with Gasteiger partial charge in [0.15, 0.2) is 0 Å². The van der Waals surface area contributed by atoms with Crippen molar-refractivity contribution in [2.75, 3.05) is 44.4 Å². The van der Waals surface area contributed by atoms with E-state index in [-0.39, 0.29) is 0 Å². The van der Waals surface area contributed by atoms with E-state index in [2.05, 4.69) is 43.3 Å². The van der Waals surface area contributed by atoms with Gasteiger partial charge in [-0.15, -0.1) is 4.31 Å². The summed E-state index contributed by atoms with van der Waals surface area (Å²) in [6.45, 7) is 5.16. The summed E-state index contributed by atoms with van der Waals surface area (Å²) in [7, 11) is 1.73. The number of piperazine rings is 1. The minimum atomic E-state index is -0.929. The molecule has 1 aromatic carbocycles. The molecule has 4 rings (SSSR count). The van der Waals surface area contributed by atoms with Gasteiger partial charge in [-0.05, 0) is 42.3 Å². The van der Waals surface area contributed by atoms with Crippen molar-refractivity contribution in [1.82, 2.24) is 19.5 Å². The fraction of sp³-hybridized carbons (Fsp3) is 0.318. The van der Waals surface area contributed by atoms with Gasteiger partial charge in [-0.1, -0.05) is 0 Å². The number of H-pyrrole nitrogens is 1. The SMILES string of the molecule is CN=CC(=CN)c1cc(C)c2n[nH]c(-c3ccnc(N4CCN([S+](C)[O-])CC4)c3)c2c1. The monoisotopic (exact) mass is 437 g/mol. The lowest BCUT2D eigenvalue weighted by Gasteiger charge is -2.34. The third-order valence-corrected chi connectivity index (χ3v) is 6.68. The average Bonchev–Trinajstić information content (AvgIpc) is 3.22. The van der Waals surface area contributed by atoms with Crippen LogP contribution >= 0.6 is 0 Å². The van der Waals surface area contributed by atoms with E-state index in [4.69, 9.17) is 5.73 Å². The summed E-state index contributed by atoms with van der Waals surface area (Å²) in [4.78, 5) is 10.9. The minimum absolute atomic E-state index is 0.762. The lowest BCUT2D eigenvalue weighted by atomic mass is 9.99. The van der Waals surface area contributed by atoms with E-state index in [1.807, 2.05) is 23.5 Å². The molecule has 1 aliphatic heterocycles. The minimum Gasteiger partial charge on any atom is -0.598 e. The van der Waals surface area contributed by atoms with Gasteiger partial charge in [0.25, 0.3) is 0 Å². The summed E-state index contributed by atoms with van der Waals surface area (Å²) in [5, 5.41) is 8.79. The molecule has 0 saturated carbocycles. The highest BCUT2D eigenvalue weighted by atomic mass is 32.2. The molecular weight excluding hydrogens is 410 g/mol. The summed E-state index contributed by atoms with van der Waals surface area (Å²) in [6.07, 6.45) is 6.88. The number of allylic oxidation sites excluding steroid dienone is 1. The number of benzene rings is 1. The first-order valence-electron chi connectivity index (χ1n) is 10.1. The quantitative estimate of drug-likeness (QED) is 0.468. The number of hydrogen-bond donors (Lipinski definition) is 2. The second kappa shape index (κ2) is 9.09. The number of pyridine rings is 1. The first-order valence-corrected chi connectivity index (χ1v) is 11.7. The van der Waals surface area contributed by atoms with Crippen molar-refractivity contribution in [2.24, 2.45) is 10.7 Å². The smallest absolute Gasteiger partial charge is 0.129 e. The normalized spacial score (nSPS) is 17.0. The molecule has 0 spiro atoms. The van der Waals surface area contributed by atoms with Crippen LogP contribution < -0.4 is 10.6 Å². The second-order valence-corrected chi connectivity index (χ2v) is 8.90. The maximum atomic E-state index is 11.7. The summed E-state index contributed by atoms with van der Waals surface area (Å²) in [6, 6.07) is 8.24. The molecule has 0 bridgehead atoms. The number of nitrogens with one attached hydrogen (secondary N) is 1. The van der Waals surface area contributed by atoms with E-state index in [1.165, 1.54) is 0 Å². The molecular formula is C22H27N7OS. The topological polar surface area (TPSA) is 109 Å². The zero-order chi connectivity index (χ0) is 22.0. The molecule has 3 aromatic rings. The first-order chi connectivity index (χ1) is 15.0. The summed E-state index contributed by atoms with van der Waals surface area (Å²) >= 11 is -0.929. The van der Waals surface area contributed by atoms with Gasteiger partial charge in [-0.25, -0.2) is 4.98 Å². The van der Waals surface area contributed by atoms with Gasteiger partial charge < -0.3 is 15.2 Å². The number of anilines is 1. The second-order valence-electron chi connectivity index (χ2n) is 7.54. The standard InChI is InChI=1S/C22H27N7OS/c1-15-10-17(18(13-23)14-24-2)11-19-21(15)26-27-22(19)16-4-5-25-20(12-16)28-6-8-29(9-7-28)31(3)30/h4-5,10-14H,6-9,23H2,1-3H3,(H,26,27). The number of aromatic amines is 1. The fourth-order valence-corrected chi connectivity index (χ4v) is 4.63. The number of aryl methyl sites for hydroxylation is 1. The highest BCUT2D eigenvalue weighted by molar-refractivity contribution is 7.88. The Morgan fingerprint density at radius 1 is 1.26 bits per heavy atom. The van der Waals surface area contributed by atoms with Gasteiger partial charge in [0.1, 0.15) is 12.1 Å². The van der Waals surface area contributed by atoms with E-state index >= 15 is 0 Å². The van der Waals surface area contributed by atoms with E-state index in [0.29, 0.717) is 0 Å². The van der Waals surface area contributed by atoms with Crippen LogP contribution in [0.4, 0.5) is 5.82 Å². The van der Waals surface area contributed by atoms with Crippen LogP contribution in [0.25, 0.3) is 27.7 Å². The lowest BCUT2D eigenvalue weighted by molar-refractivity contribution is 0.387. The van der Waals surface area contributed by atoms with Crippen molar-refractivity contribution in [2.45, 2.75) is 6.92 Å². The Hall–Kier alpha value is -2.88. The van der Waals surface area contributed by atoms with Gasteiger partial charge in [-0.2, -0.15) is 5.10 Å². The summed E-state index contributed by atoms with van der Waals surface area (Å²) in [5.41, 5.74) is 11.7.